The summed E-state index contributed by atoms with van der Waals surface area (Å²) in [5, 5.41) is 2.16. The van der Waals surface area contributed by atoms with E-state index in [1.165, 1.54) is 7.11 Å². The van der Waals surface area contributed by atoms with E-state index in [0.717, 1.165) is 22.1 Å². The van der Waals surface area contributed by atoms with Gasteiger partial charge in [0.1, 0.15) is 5.75 Å². The van der Waals surface area contributed by atoms with Crippen molar-refractivity contribution in [2.24, 2.45) is 5.73 Å². The normalized spacial score (nSPS) is 12.2. The Hall–Kier alpha value is -2.07. The maximum Gasteiger partial charge on any atom is 0.306 e. The summed E-state index contributed by atoms with van der Waals surface area (Å²) < 4.78 is 10.2. The minimum Gasteiger partial charge on any atom is -0.496 e. The van der Waals surface area contributed by atoms with Gasteiger partial charge in [-0.05, 0) is 23.4 Å². The van der Waals surface area contributed by atoms with Crippen molar-refractivity contribution < 1.29 is 14.3 Å². The number of carbonyl (C=O) groups is 1. The van der Waals surface area contributed by atoms with Gasteiger partial charge in [-0.2, -0.15) is 0 Å². The lowest BCUT2D eigenvalue weighted by Gasteiger charge is -2.19. The third-order valence-corrected chi connectivity index (χ3v) is 3.48. The topological polar surface area (TPSA) is 61.5 Å². The maximum absolute atomic E-state index is 11.6. The van der Waals surface area contributed by atoms with Crippen molar-refractivity contribution in [3.05, 3.63) is 42.0 Å². The number of methoxy groups -OCH3 is 2. The van der Waals surface area contributed by atoms with E-state index < -0.39 is 0 Å². The molecule has 1 atom stereocenters. The number of fused-ring (bicyclic) bond motifs is 1. The van der Waals surface area contributed by atoms with Crippen LogP contribution < -0.4 is 10.5 Å². The van der Waals surface area contributed by atoms with Gasteiger partial charge in [0.05, 0.1) is 20.6 Å². The number of hydrogen-bond acceptors (Lipinski definition) is 4. The molecule has 2 aromatic carbocycles. The largest absolute Gasteiger partial charge is 0.496 e. The van der Waals surface area contributed by atoms with Crippen LogP contribution >= 0.6 is 0 Å². The van der Waals surface area contributed by atoms with Gasteiger partial charge >= 0.3 is 5.97 Å². The summed E-state index contributed by atoms with van der Waals surface area (Å²) in [6.07, 6.45) is 0.247. The number of benzene rings is 2. The molecule has 0 saturated heterocycles. The van der Waals surface area contributed by atoms with Crippen molar-refractivity contribution in [2.45, 2.75) is 12.3 Å². The van der Waals surface area contributed by atoms with Crippen LogP contribution in [0.4, 0.5) is 0 Å². The quantitative estimate of drug-likeness (QED) is 0.850. The van der Waals surface area contributed by atoms with Crippen molar-refractivity contribution in [2.75, 3.05) is 20.8 Å². The number of esters is 1. The highest BCUT2D eigenvalue weighted by Crippen LogP contribution is 2.35. The van der Waals surface area contributed by atoms with Crippen LogP contribution in [0.5, 0.6) is 5.75 Å². The summed E-state index contributed by atoms with van der Waals surface area (Å²) in [5.41, 5.74) is 6.83. The smallest absolute Gasteiger partial charge is 0.306 e. The summed E-state index contributed by atoms with van der Waals surface area (Å²) in [4.78, 5) is 11.6. The first-order valence-electron chi connectivity index (χ1n) is 6.53. The zero-order chi connectivity index (χ0) is 14.5. The molecule has 0 radical (unpaired) electrons. The summed E-state index contributed by atoms with van der Waals surface area (Å²) in [5.74, 6) is 0.363. The second-order valence-electron chi connectivity index (χ2n) is 4.62. The van der Waals surface area contributed by atoms with Crippen molar-refractivity contribution in [3.63, 3.8) is 0 Å². The molecule has 0 amide bonds. The van der Waals surface area contributed by atoms with Gasteiger partial charge < -0.3 is 15.2 Å². The van der Waals surface area contributed by atoms with Crippen LogP contribution in [0.15, 0.2) is 36.4 Å². The fraction of sp³-hybridized carbons (Fsp3) is 0.312. The van der Waals surface area contributed by atoms with Gasteiger partial charge in [-0.3, -0.25) is 4.79 Å². The first-order chi connectivity index (χ1) is 9.71. The third kappa shape index (κ3) is 2.75. The van der Waals surface area contributed by atoms with E-state index in [-0.39, 0.29) is 18.3 Å². The second-order valence-corrected chi connectivity index (χ2v) is 4.62. The Kier molecular flexibility index (Phi) is 4.58. The lowest BCUT2D eigenvalue weighted by molar-refractivity contribution is -0.141. The minimum absolute atomic E-state index is 0.122. The molecule has 4 heteroatoms. The van der Waals surface area contributed by atoms with Crippen LogP contribution in [0.1, 0.15) is 17.9 Å². The fourth-order valence-corrected chi connectivity index (χ4v) is 2.46. The van der Waals surface area contributed by atoms with Crippen LogP contribution in [0.3, 0.4) is 0 Å². The summed E-state index contributed by atoms with van der Waals surface area (Å²) in [6, 6.07) is 11.9. The Morgan fingerprint density at radius 1 is 1.20 bits per heavy atom. The van der Waals surface area contributed by atoms with Gasteiger partial charge in [0.15, 0.2) is 0 Å². The van der Waals surface area contributed by atoms with E-state index in [1.807, 2.05) is 36.4 Å². The van der Waals surface area contributed by atoms with Crippen LogP contribution in [-0.2, 0) is 9.53 Å². The van der Waals surface area contributed by atoms with Crippen LogP contribution in [-0.4, -0.2) is 26.7 Å². The molecule has 0 bridgehead atoms. The van der Waals surface area contributed by atoms with Crippen molar-refractivity contribution in [3.8, 4) is 5.75 Å². The van der Waals surface area contributed by atoms with Crippen molar-refractivity contribution >= 4 is 16.7 Å². The molecule has 0 heterocycles. The number of nitrogens with two attached hydrogens (primary N) is 1. The molecule has 0 fully saturated rings. The summed E-state index contributed by atoms with van der Waals surface area (Å²) in [7, 11) is 3.01. The number of rotatable bonds is 5. The molecule has 0 aliphatic rings. The monoisotopic (exact) mass is 273 g/mol. The van der Waals surface area contributed by atoms with Gasteiger partial charge in [-0.15, -0.1) is 0 Å². The number of hydrogen-bond donors (Lipinski definition) is 1. The minimum atomic E-state index is -0.268. The zero-order valence-corrected chi connectivity index (χ0v) is 11.8. The Balaban J connectivity index is 2.56. The van der Waals surface area contributed by atoms with E-state index in [0.29, 0.717) is 6.54 Å². The average molecular weight is 273 g/mol. The molecule has 2 rings (SSSR count). The summed E-state index contributed by atoms with van der Waals surface area (Å²) >= 11 is 0. The molecule has 1 unspecified atom stereocenters. The highest BCUT2D eigenvalue weighted by Gasteiger charge is 2.21. The van der Waals surface area contributed by atoms with E-state index in [1.54, 1.807) is 7.11 Å². The molecular formula is C16H19NO3. The lowest BCUT2D eigenvalue weighted by atomic mass is 9.90. The first kappa shape index (κ1) is 14.3. The zero-order valence-electron chi connectivity index (χ0n) is 11.8. The van der Waals surface area contributed by atoms with Gasteiger partial charge in [0, 0.05) is 11.5 Å². The molecule has 4 nitrogen and oxygen atoms in total. The molecule has 2 aromatic rings. The summed E-state index contributed by atoms with van der Waals surface area (Å²) in [6.45, 7) is 0.361. The molecule has 0 aromatic heterocycles. The van der Waals surface area contributed by atoms with Crippen LogP contribution in [0.25, 0.3) is 10.8 Å². The van der Waals surface area contributed by atoms with Gasteiger partial charge in [-0.1, -0.05) is 30.3 Å². The molecule has 0 spiro atoms. The molecule has 0 saturated carbocycles. The Morgan fingerprint density at radius 3 is 2.60 bits per heavy atom. The number of carbonyl (C=O) groups excluding carboxylic acids is 1. The predicted molar refractivity (Wildman–Crippen MR) is 78.9 cm³/mol. The maximum atomic E-state index is 11.6. The molecular weight excluding hydrogens is 254 g/mol. The number of ether oxygens (including phenoxy) is 2. The fourth-order valence-electron chi connectivity index (χ4n) is 2.46. The van der Waals surface area contributed by atoms with E-state index >= 15 is 0 Å². The Labute approximate surface area is 118 Å². The van der Waals surface area contributed by atoms with Gasteiger partial charge in [-0.25, -0.2) is 0 Å². The van der Waals surface area contributed by atoms with E-state index in [9.17, 15) is 4.79 Å². The molecule has 0 aliphatic heterocycles. The van der Waals surface area contributed by atoms with Gasteiger partial charge in [0.25, 0.3) is 0 Å². The lowest BCUT2D eigenvalue weighted by Crippen LogP contribution is -2.18. The third-order valence-electron chi connectivity index (χ3n) is 3.48. The van der Waals surface area contributed by atoms with Gasteiger partial charge in [0.2, 0.25) is 0 Å². The van der Waals surface area contributed by atoms with Crippen LogP contribution in [0, 0.1) is 0 Å². The van der Waals surface area contributed by atoms with Crippen molar-refractivity contribution in [1.82, 2.24) is 0 Å². The molecule has 2 N–H and O–H groups in total. The highest BCUT2D eigenvalue weighted by atomic mass is 16.5. The first-order valence-corrected chi connectivity index (χ1v) is 6.53. The Bertz CT molecular complexity index is 610. The standard InChI is InChI=1S/C16H19NO3/c1-19-14-8-7-11-5-3-4-6-13(11)16(14)12(10-17)9-15(18)20-2/h3-8,12H,9-10,17H2,1-2H3. The second kappa shape index (κ2) is 6.39. The predicted octanol–water partition coefficient (Wildman–Crippen LogP) is 2.45. The average Bonchev–Trinajstić information content (AvgIpc) is 2.51. The molecule has 20 heavy (non-hydrogen) atoms. The Morgan fingerprint density at radius 2 is 1.95 bits per heavy atom. The van der Waals surface area contributed by atoms with E-state index in [4.69, 9.17) is 15.2 Å². The SMILES string of the molecule is COC(=O)CC(CN)c1c(OC)ccc2ccccc12. The van der Waals surface area contributed by atoms with Crippen LogP contribution in [0.2, 0.25) is 0 Å². The van der Waals surface area contributed by atoms with Crippen molar-refractivity contribution in [1.29, 1.82) is 0 Å². The highest BCUT2D eigenvalue weighted by molar-refractivity contribution is 5.89. The molecule has 106 valence electrons. The van der Waals surface area contributed by atoms with E-state index in [2.05, 4.69) is 0 Å². The molecule has 0 aliphatic carbocycles.